The molecule has 0 aliphatic heterocycles. The number of aryl methyl sites for hydroxylation is 1. The molecule has 0 atom stereocenters. The Kier molecular flexibility index (Phi) is 5.24. The van der Waals surface area contributed by atoms with Crippen LogP contribution in [0.2, 0.25) is 5.02 Å². The van der Waals surface area contributed by atoms with E-state index >= 15 is 0 Å². The molecule has 2 aromatic carbocycles. The highest BCUT2D eigenvalue weighted by Crippen LogP contribution is 2.25. The topological polar surface area (TPSA) is 67.4 Å². The van der Waals surface area contributed by atoms with Crippen molar-refractivity contribution in [2.45, 2.75) is 25.8 Å². The van der Waals surface area contributed by atoms with E-state index in [2.05, 4.69) is 10.6 Å². The highest BCUT2D eigenvalue weighted by Gasteiger charge is 2.23. The van der Waals surface area contributed by atoms with Gasteiger partial charge in [-0.25, -0.2) is 0 Å². The van der Waals surface area contributed by atoms with E-state index in [-0.39, 0.29) is 18.4 Å². The Morgan fingerprint density at radius 2 is 2.00 bits per heavy atom. The minimum Gasteiger partial charge on any atom is -0.482 e. The van der Waals surface area contributed by atoms with Gasteiger partial charge < -0.3 is 15.4 Å². The number of carbonyl (C=O) groups is 2. The van der Waals surface area contributed by atoms with Gasteiger partial charge in [-0.3, -0.25) is 9.59 Å². The molecule has 2 aromatic rings. The van der Waals surface area contributed by atoms with Crippen molar-refractivity contribution in [2.75, 3.05) is 11.9 Å². The van der Waals surface area contributed by atoms with Crippen molar-refractivity contribution in [1.29, 1.82) is 0 Å². The van der Waals surface area contributed by atoms with Crippen molar-refractivity contribution >= 4 is 29.1 Å². The fourth-order valence-corrected chi connectivity index (χ4v) is 2.47. The summed E-state index contributed by atoms with van der Waals surface area (Å²) in [7, 11) is 0. The minimum absolute atomic E-state index is 0.124. The molecule has 0 radical (unpaired) electrons. The monoisotopic (exact) mass is 358 g/mol. The highest BCUT2D eigenvalue weighted by molar-refractivity contribution is 6.32. The summed E-state index contributed by atoms with van der Waals surface area (Å²) in [5.74, 6) is 0.0214. The first-order valence-electron chi connectivity index (χ1n) is 8.11. The Morgan fingerprint density at radius 1 is 1.20 bits per heavy atom. The third kappa shape index (κ3) is 4.97. The third-order valence-corrected chi connectivity index (χ3v) is 4.08. The third-order valence-electron chi connectivity index (χ3n) is 3.77. The molecule has 5 nitrogen and oxygen atoms in total. The average Bonchev–Trinajstić information content (AvgIpc) is 3.40. The number of rotatable bonds is 6. The van der Waals surface area contributed by atoms with E-state index in [1.165, 1.54) is 0 Å². The Bertz CT molecular complexity index is 803. The van der Waals surface area contributed by atoms with Gasteiger partial charge in [0, 0.05) is 17.3 Å². The van der Waals surface area contributed by atoms with E-state index in [0.717, 1.165) is 18.4 Å². The number of hydrogen-bond donors (Lipinski definition) is 2. The summed E-state index contributed by atoms with van der Waals surface area (Å²) in [5, 5.41) is 6.10. The molecule has 0 unspecified atom stereocenters. The smallest absolute Gasteiger partial charge is 0.262 e. The molecule has 25 heavy (non-hydrogen) atoms. The van der Waals surface area contributed by atoms with Crippen LogP contribution in [0.15, 0.2) is 42.5 Å². The average molecular weight is 359 g/mol. The molecule has 6 heteroatoms. The van der Waals surface area contributed by atoms with Crippen LogP contribution in [0.5, 0.6) is 5.75 Å². The maximum Gasteiger partial charge on any atom is 0.262 e. The lowest BCUT2D eigenvalue weighted by Crippen LogP contribution is -2.25. The largest absolute Gasteiger partial charge is 0.482 e. The summed E-state index contributed by atoms with van der Waals surface area (Å²) < 4.78 is 5.47. The number of benzene rings is 2. The molecular formula is C19H19ClN2O3. The minimum atomic E-state index is -0.322. The highest BCUT2D eigenvalue weighted by atomic mass is 35.5. The summed E-state index contributed by atoms with van der Waals surface area (Å²) >= 11 is 6.04. The fourth-order valence-electron chi connectivity index (χ4n) is 2.30. The number of amides is 2. The van der Waals surface area contributed by atoms with Crippen molar-refractivity contribution in [1.82, 2.24) is 5.32 Å². The summed E-state index contributed by atoms with van der Waals surface area (Å²) in [6, 6.07) is 12.5. The SMILES string of the molecule is Cc1ccc(Cl)c(OCC(=O)Nc2cccc(C(=O)NC3CC3)c2)c1. The van der Waals surface area contributed by atoms with Gasteiger partial charge in [0.2, 0.25) is 0 Å². The normalized spacial score (nSPS) is 13.2. The van der Waals surface area contributed by atoms with Crippen LogP contribution >= 0.6 is 11.6 Å². The van der Waals surface area contributed by atoms with E-state index in [0.29, 0.717) is 28.1 Å². The number of nitrogens with one attached hydrogen (secondary N) is 2. The lowest BCUT2D eigenvalue weighted by Gasteiger charge is -2.10. The van der Waals surface area contributed by atoms with E-state index in [9.17, 15) is 9.59 Å². The summed E-state index contributed by atoms with van der Waals surface area (Å²) in [5.41, 5.74) is 2.06. The molecule has 0 bridgehead atoms. The molecule has 0 saturated heterocycles. The lowest BCUT2D eigenvalue weighted by molar-refractivity contribution is -0.118. The van der Waals surface area contributed by atoms with Gasteiger partial charge in [-0.15, -0.1) is 0 Å². The van der Waals surface area contributed by atoms with Crippen LogP contribution in [0.1, 0.15) is 28.8 Å². The van der Waals surface area contributed by atoms with Crippen LogP contribution in [-0.2, 0) is 4.79 Å². The zero-order chi connectivity index (χ0) is 17.8. The Balaban J connectivity index is 1.57. The fraction of sp³-hybridized carbons (Fsp3) is 0.263. The maximum absolute atomic E-state index is 12.1. The molecule has 1 aliphatic rings. The zero-order valence-electron chi connectivity index (χ0n) is 13.8. The summed E-state index contributed by atoms with van der Waals surface area (Å²) in [4.78, 5) is 24.1. The first-order valence-corrected chi connectivity index (χ1v) is 8.49. The molecule has 3 rings (SSSR count). The van der Waals surface area contributed by atoms with Gasteiger partial charge in [0.05, 0.1) is 5.02 Å². The molecule has 2 amide bonds. The molecule has 0 aromatic heterocycles. The molecule has 130 valence electrons. The van der Waals surface area contributed by atoms with Gasteiger partial charge in [-0.05, 0) is 55.7 Å². The van der Waals surface area contributed by atoms with Crippen LogP contribution in [0.25, 0.3) is 0 Å². The predicted molar refractivity (Wildman–Crippen MR) is 97.2 cm³/mol. The number of hydrogen-bond acceptors (Lipinski definition) is 3. The first-order chi connectivity index (χ1) is 12.0. The molecule has 0 spiro atoms. The van der Waals surface area contributed by atoms with Gasteiger partial charge in [0.15, 0.2) is 6.61 Å². The molecule has 0 heterocycles. The second-order valence-corrected chi connectivity index (χ2v) is 6.51. The van der Waals surface area contributed by atoms with Crippen LogP contribution in [0, 0.1) is 6.92 Å². The standard InChI is InChI=1S/C19H19ClN2O3/c1-12-5-8-16(20)17(9-12)25-11-18(23)21-15-4-2-3-13(10-15)19(24)22-14-6-7-14/h2-5,8-10,14H,6-7,11H2,1H3,(H,21,23)(H,22,24). The van der Waals surface area contributed by atoms with Crippen molar-refractivity contribution in [2.24, 2.45) is 0 Å². The molecular weight excluding hydrogens is 340 g/mol. The number of ether oxygens (including phenoxy) is 1. The predicted octanol–water partition coefficient (Wildman–Crippen LogP) is 3.56. The van der Waals surface area contributed by atoms with Crippen LogP contribution < -0.4 is 15.4 Å². The second-order valence-electron chi connectivity index (χ2n) is 6.10. The number of carbonyl (C=O) groups excluding carboxylic acids is 2. The molecule has 1 saturated carbocycles. The van der Waals surface area contributed by atoms with Gasteiger partial charge in [-0.2, -0.15) is 0 Å². The van der Waals surface area contributed by atoms with Crippen LogP contribution in [0.4, 0.5) is 5.69 Å². The van der Waals surface area contributed by atoms with Crippen molar-refractivity contribution in [3.05, 3.63) is 58.6 Å². The quantitative estimate of drug-likeness (QED) is 0.829. The Hall–Kier alpha value is -2.53. The maximum atomic E-state index is 12.1. The van der Waals surface area contributed by atoms with Crippen molar-refractivity contribution in [3.8, 4) is 5.75 Å². The van der Waals surface area contributed by atoms with Crippen LogP contribution in [0.3, 0.4) is 0 Å². The van der Waals surface area contributed by atoms with Crippen molar-refractivity contribution in [3.63, 3.8) is 0 Å². The summed E-state index contributed by atoms with van der Waals surface area (Å²) in [6.45, 7) is 1.75. The van der Waals surface area contributed by atoms with Gasteiger partial charge in [0.25, 0.3) is 11.8 Å². The second kappa shape index (κ2) is 7.57. The van der Waals surface area contributed by atoms with E-state index in [1.807, 2.05) is 13.0 Å². The van der Waals surface area contributed by atoms with Crippen molar-refractivity contribution < 1.29 is 14.3 Å². The Labute approximate surface area is 151 Å². The van der Waals surface area contributed by atoms with E-state index in [4.69, 9.17) is 16.3 Å². The first kappa shape index (κ1) is 17.3. The van der Waals surface area contributed by atoms with E-state index in [1.54, 1.807) is 36.4 Å². The Morgan fingerprint density at radius 3 is 2.76 bits per heavy atom. The molecule has 2 N–H and O–H groups in total. The lowest BCUT2D eigenvalue weighted by atomic mass is 10.2. The van der Waals surface area contributed by atoms with Gasteiger partial charge in [-0.1, -0.05) is 23.7 Å². The van der Waals surface area contributed by atoms with Crippen LogP contribution in [-0.4, -0.2) is 24.5 Å². The van der Waals surface area contributed by atoms with Gasteiger partial charge >= 0.3 is 0 Å². The zero-order valence-corrected chi connectivity index (χ0v) is 14.6. The summed E-state index contributed by atoms with van der Waals surface area (Å²) in [6.07, 6.45) is 2.06. The molecule has 1 aliphatic carbocycles. The number of anilines is 1. The van der Waals surface area contributed by atoms with Gasteiger partial charge in [0.1, 0.15) is 5.75 Å². The van der Waals surface area contributed by atoms with E-state index < -0.39 is 0 Å². The number of halogens is 1. The molecule has 1 fully saturated rings.